The maximum absolute atomic E-state index is 12.1. The summed E-state index contributed by atoms with van der Waals surface area (Å²) < 4.78 is 11.1. The van der Waals surface area contributed by atoms with Crippen LogP contribution in [-0.4, -0.2) is 24.1 Å². The van der Waals surface area contributed by atoms with Gasteiger partial charge in [-0.3, -0.25) is 4.79 Å². The Morgan fingerprint density at radius 3 is 2.61 bits per heavy atom. The summed E-state index contributed by atoms with van der Waals surface area (Å²) in [5, 5.41) is 5.74. The molecule has 3 aromatic rings. The zero-order valence-electron chi connectivity index (χ0n) is 15.7. The number of amides is 1. The minimum atomic E-state index is -0.219. The van der Waals surface area contributed by atoms with Gasteiger partial charge in [0.15, 0.2) is 18.1 Å². The number of aryl methyl sites for hydroxylation is 1. The van der Waals surface area contributed by atoms with Crippen LogP contribution < -0.4 is 14.8 Å². The number of aromatic nitrogens is 1. The lowest BCUT2D eigenvalue weighted by molar-refractivity contribution is -0.123. The van der Waals surface area contributed by atoms with Crippen LogP contribution in [0.15, 0.2) is 66.6 Å². The second kappa shape index (κ2) is 9.71. The summed E-state index contributed by atoms with van der Waals surface area (Å²) in [5.74, 6) is 0.886. The minimum absolute atomic E-state index is 0.0940. The Hall–Kier alpha value is -3.12. The number of carbonyl (C=O) groups is 1. The number of carbonyl (C=O) groups excluding carboxylic acids is 1. The average molecular weight is 394 g/mol. The van der Waals surface area contributed by atoms with E-state index in [-0.39, 0.29) is 12.5 Å². The van der Waals surface area contributed by atoms with Crippen molar-refractivity contribution in [2.24, 2.45) is 0 Å². The van der Waals surface area contributed by atoms with Gasteiger partial charge in [0.1, 0.15) is 11.6 Å². The van der Waals surface area contributed by atoms with Gasteiger partial charge in [-0.2, -0.15) is 0 Å². The summed E-state index contributed by atoms with van der Waals surface area (Å²) in [4.78, 5) is 16.7. The molecule has 1 aromatic heterocycles. The van der Waals surface area contributed by atoms with Gasteiger partial charge >= 0.3 is 0 Å². The monoisotopic (exact) mass is 394 g/mol. The quantitative estimate of drug-likeness (QED) is 0.547. The number of para-hydroxylation sites is 2. The Bertz CT molecular complexity index is 952. The lowest BCUT2D eigenvalue weighted by Gasteiger charge is -2.11. The van der Waals surface area contributed by atoms with E-state index in [1.54, 1.807) is 29.5 Å². The summed E-state index contributed by atoms with van der Waals surface area (Å²) in [7, 11) is 0. The summed E-state index contributed by atoms with van der Waals surface area (Å²) in [6.07, 6.45) is 1.66. The number of benzene rings is 2. The van der Waals surface area contributed by atoms with Crippen molar-refractivity contribution >= 4 is 17.2 Å². The van der Waals surface area contributed by atoms with E-state index in [2.05, 4.69) is 35.9 Å². The number of thiazole rings is 1. The molecular formula is C22H22N2O3S. The molecule has 0 fully saturated rings. The van der Waals surface area contributed by atoms with Crippen molar-refractivity contribution in [1.82, 2.24) is 10.3 Å². The lowest BCUT2D eigenvalue weighted by Crippen LogP contribution is -2.28. The SMILES string of the molecule is C=CCOc1ccccc1OCC(=O)NCc1csc(-c2ccccc2C)n1. The highest BCUT2D eigenvalue weighted by molar-refractivity contribution is 7.13. The molecule has 0 saturated heterocycles. The highest BCUT2D eigenvalue weighted by Gasteiger charge is 2.10. The Labute approximate surface area is 168 Å². The molecule has 1 heterocycles. The zero-order chi connectivity index (χ0) is 19.8. The first-order valence-electron chi connectivity index (χ1n) is 8.90. The number of rotatable bonds is 9. The van der Waals surface area contributed by atoms with Gasteiger partial charge in [-0.15, -0.1) is 11.3 Å². The number of hydrogen-bond donors (Lipinski definition) is 1. The second-order valence-corrected chi connectivity index (χ2v) is 6.93. The van der Waals surface area contributed by atoms with Crippen LogP contribution in [0.4, 0.5) is 0 Å². The van der Waals surface area contributed by atoms with E-state index in [9.17, 15) is 4.79 Å². The van der Waals surface area contributed by atoms with Crippen LogP contribution in [0.5, 0.6) is 11.5 Å². The fourth-order valence-corrected chi connectivity index (χ4v) is 3.46. The molecule has 0 unspecified atom stereocenters. The van der Waals surface area contributed by atoms with Gasteiger partial charge in [-0.05, 0) is 24.6 Å². The number of nitrogens with zero attached hydrogens (tertiary/aromatic N) is 1. The van der Waals surface area contributed by atoms with Crippen LogP contribution in [0.3, 0.4) is 0 Å². The summed E-state index contributed by atoms with van der Waals surface area (Å²) in [6.45, 7) is 6.33. The minimum Gasteiger partial charge on any atom is -0.486 e. The molecule has 1 amide bonds. The van der Waals surface area contributed by atoms with Gasteiger partial charge in [0, 0.05) is 10.9 Å². The number of ether oxygens (including phenoxy) is 2. The van der Waals surface area contributed by atoms with Crippen LogP contribution in [0, 0.1) is 6.92 Å². The number of hydrogen-bond acceptors (Lipinski definition) is 5. The summed E-state index contributed by atoms with van der Waals surface area (Å²) in [5.41, 5.74) is 3.12. The molecule has 0 aliphatic carbocycles. The van der Waals surface area contributed by atoms with Crippen molar-refractivity contribution in [3.05, 3.63) is 77.8 Å². The lowest BCUT2D eigenvalue weighted by atomic mass is 10.1. The van der Waals surface area contributed by atoms with Crippen molar-refractivity contribution < 1.29 is 14.3 Å². The molecule has 0 aliphatic heterocycles. The molecule has 144 valence electrons. The standard InChI is InChI=1S/C22H22N2O3S/c1-3-12-26-19-10-6-7-11-20(19)27-14-21(25)23-13-17-15-28-22(24-17)18-9-5-4-8-16(18)2/h3-11,15H,1,12-14H2,2H3,(H,23,25). The van der Waals surface area contributed by atoms with Crippen LogP contribution in [0.25, 0.3) is 10.6 Å². The smallest absolute Gasteiger partial charge is 0.258 e. The Balaban J connectivity index is 1.52. The van der Waals surface area contributed by atoms with Crippen molar-refractivity contribution in [3.63, 3.8) is 0 Å². The van der Waals surface area contributed by atoms with Crippen LogP contribution in [-0.2, 0) is 11.3 Å². The third kappa shape index (κ3) is 5.20. The summed E-state index contributed by atoms with van der Waals surface area (Å²) in [6, 6.07) is 15.4. The molecule has 5 nitrogen and oxygen atoms in total. The predicted molar refractivity (Wildman–Crippen MR) is 112 cm³/mol. The molecule has 0 radical (unpaired) electrons. The Morgan fingerprint density at radius 2 is 1.86 bits per heavy atom. The normalized spacial score (nSPS) is 10.3. The molecule has 3 rings (SSSR count). The van der Waals surface area contributed by atoms with Gasteiger partial charge in [-0.25, -0.2) is 4.98 Å². The maximum atomic E-state index is 12.1. The third-order valence-corrected chi connectivity index (χ3v) is 4.88. The average Bonchev–Trinajstić information content (AvgIpc) is 3.19. The van der Waals surface area contributed by atoms with E-state index in [4.69, 9.17) is 9.47 Å². The van der Waals surface area contributed by atoms with Crippen molar-refractivity contribution in [2.45, 2.75) is 13.5 Å². The topological polar surface area (TPSA) is 60.5 Å². The van der Waals surface area contributed by atoms with E-state index in [1.807, 2.05) is 29.6 Å². The van der Waals surface area contributed by atoms with Gasteiger partial charge in [0.05, 0.1) is 12.2 Å². The van der Waals surface area contributed by atoms with Crippen LogP contribution >= 0.6 is 11.3 Å². The first-order valence-corrected chi connectivity index (χ1v) is 9.78. The molecule has 0 atom stereocenters. The van der Waals surface area contributed by atoms with Gasteiger partial charge in [0.2, 0.25) is 0 Å². The zero-order valence-corrected chi connectivity index (χ0v) is 16.5. The molecule has 0 bridgehead atoms. The van der Waals surface area contributed by atoms with E-state index < -0.39 is 0 Å². The van der Waals surface area contributed by atoms with Crippen molar-refractivity contribution in [3.8, 4) is 22.1 Å². The van der Waals surface area contributed by atoms with Crippen molar-refractivity contribution in [2.75, 3.05) is 13.2 Å². The molecule has 0 saturated carbocycles. The summed E-state index contributed by atoms with van der Waals surface area (Å²) >= 11 is 1.57. The second-order valence-electron chi connectivity index (χ2n) is 6.07. The van der Waals surface area contributed by atoms with Gasteiger partial charge < -0.3 is 14.8 Å². The molecular weight excluding hydrogens is 372 g/mol. The third-order valence-electron chi connectivity index (χ3n) is 3.96. The van der Waals surface area contributed by atoms with E-state index in [0.717, 1.165) is 16.3 Å². The molecule has 2 aromatic carbocycles. The Morgan fingerprint density at radius 1 is 1.14 bits per heavy atom. The Kier molecular flexibility index (Phi) is 6.81. The fourth-order valence-electron chi connectivity index (χ4n) is 2.55. The van der Waals surface area contributed by atoms with E-state index in [0.29, 0.717) is 24.7 Å². The van der Waals surface area contributed by atoms with Crippen LogP contribution in [0.1, 0.15) is 11.3 Å². The van der Waals surface area contributed by atoms with Gasteiger partial charge in [0.25, 0.3) is 5.91 Å². The molecule has 6 heteroatoms. The number of nitrogens with one attached hydrogen (secondary N) is 1. The van der Waals surface area contributed by atoms with E-state index >= 15 is 0 Å². The van der Waals surface area contributed by atoms with E-state index in [1.165, 1.54) is 5.56 Å². The maximum Gasteiger partial charge on any atom is 0.258 e. The largest absolute Gasteiger partial charge is 0.486 e. The molecule has 0 aliphatic rings. The predicted octanol–water partition coefficient (Wildman–Crippen LogP) is 4.38. The first-order chi connectivity index (χ1) is 13.7. The molecule has 1 N–H and O–H groups in total. The van der Waals surface area contributed by atoms with Gasteiger partial charge in [-0.1, -0.05) is 49.1 Å². The highest BCUT2D eigenvalue weighted by Crippen LogP contribution is 2.27. The van der Waals surface area contributed by atoms with Crippen molar-refractivity contribution in [1.29, 1.82) is 0 Å². The highest BCUT2D eigenvalue weighted by atomic mass is 32.1. The fraction of sp³-hybridized carbons (Fsp3) is 0.182. The molecule has 0 spiro atoms. The molecule has 28 heavy (non-hydrogen) atoms. The first kappa shape index (κ1) is 19.6. The van der Waals surface area contributed by atoms with Crippen LogP contribution in [0.2, 0.25) is 0 Å².